The third-order valence-electron chi connectivity index (χ3n) is 3.85. The summed E-state index contributed by atoms with van der Waals surface area (Å²) >= 11 is 0. The van der Waals surface area contributed by atoms with E-state index in [1.165, 1.54) is 44.6 Å². The molecule has 0 saturated heterocycles. The van der Waals surface area contributed by atoms with Gasteiger partial charge >= 0.3 is 0 Å². The molecule has 0 aliphatic rings. The van der Waals surface area contributed by atoms with E-state index in [1.54, 1.807) is 18.2 Å². The highest BCUT2D eigenvalue weighted by Gasteiger charge is 2.19. The van der Waals surface area contributed by atoms with Crippen LogP contribution in [0.1, 0.15) is 20.8 Å². The molecule has 0 aliphatic carbocycles. The van der Waals surface area contributed by atoms with Crippen LogP contribution >= 0.6 is 0 Å². The van der Waals surface area contributed by atoms with E-state index in [0.29, 0.717) is 11.0 Å². The minimum absolute atomic E-state index is 0.0305. The van der Waals surface area contributed by atoms with Crippen molar-refractivity contribution in [2.45, 2.75) is 4.90 Å². The van der Waals surface area contributed by atoms with Crippen molar-refractivity contribution in [3.63, 3.8) is 0 Å². The summed E-state index contributed by atoms with van der Waals surface area (Å²) in [5.74, 6) is -1.32. The molecule has 144 valence electrons. The Labute approximate surface area is 161 Å². The van der Waals surface area contributed by atoms with Crippen LogP contribution in [0.4, 0.5) is 0 Å². The average Bonchev–Trinajstić information content (AvgIpc) is 2.71. The number of para-hydroxylation sites is 2. The van der Waals surface area contributed by atoms with Crippen LogP contribution in [0.25, 0.3) is 11.0 Å². The fourth-order valence-corrected chi connectivity index (χ4v) is 3.27. The average molecular weight is 399 g/mol. The maximum atomic E-state index is 12.3. The van der Waals surface area contributed by atoms with Gasteiger partial charge in [0.2, 0.25) is 10.0 Å². The second-order valence-electron chi connectivity index (χ2n) is 5.97. The van der Waals surface area contributed by atoms with Gasteiger partial charge in [-0.1, -0.05) is 18.2 Å². The number of aromatic nitrogens is 2. The summed E-state index contributed by atoms with van der Waals surface area (Å²) in [6.45, 7) is 0. The van der Waals surface area contributed by atoms with Crippen LogP contribution in [0.3, 0.4) is 0 Å². The van der Waals surface area contributed by atoms with Gasteiger partial charge < -0.3 is 0 Å². The number of amides is 2. The molecule has 0 bridgehead atoms. The molecule has 0 atom stereocenters. The number of nitrogens with one attached hydrogen (secondary N) is 2. The quantitative estimate of drug-likeness (QED) is 0.630. The Bertz CT molecular complexity index is 1160. The minimum Gasteiger partial charge on any atom is -0.267 e. The van der Waals surface area contributed by atoms with Crippen molar-refractivity contribution in [2.75, 3.05) is 14.1 Å². The maximum Gasteiger partial charge on any atom is 0.289 e. The first-order valence-corrected chi connectivity index (χ1v) is 9.58. The zero-order chi connectivity index (χ0) is 20.3. The number of nitrogens with zero attached hydrogens (tertiary/aromatic N) is 3. The zero-order valence-electron chi connectivity index (χ0n) is 15.1. The molecule has 3 rings (SSSR count). The van der Waals surface area contributed by atoms with Gasteiger partial charge in [0.25, 0.3) is 11.8 Å². The smallest absolute Gasteiger partial charge is 0.267 e. The molecule has 9 nitrogen and oxygen atoms in total. The lowest BCUT2D eigenvalue weighted by Gasteiger charge is -2.12. The normalized spacial score (nSPS) is 11.4. The summed E-state index contributed by atoms with van der Waals surface area (Å²) in [5, 5.41) is 0. The van der Waals surface area contributed by atoms with Crippen LogP contribution in [0.2, 0.25) is 0 Å². The van der Waals surface area contributed by atoms with Crippen LogP contribution in [0.5, 0.6) is 0 Å². The predicted octanol–water partition coefficient (Wildman–Crippen LogP) is 0.955. The van der Waals surface area contributed by atoms with Crippen molar-refractivity contribution in [1.29, 1.82) is 0 Å². The molecular formula is C18H17N5O4S. The maximum absolute atomic E-state index is 12.3. The molecule has 2 aromatic carbocycles. The first kappa shape index (κ1) is 19.4. The molecule has 0 fully saturated rings. The fraction of sp³-hybridized carbons (Fsp3) is 0.111. The van der Waals surface area contributed by atoms with Crippen molar-refractivity contribution in [1.82, 2.24) is 25.1 Å². The summed E-state index contributed by atoms with van der Waals surface area (Å²) in [6, 6.07) is 12.6. The Kier molecular flexibility index (Phi) is 5.34. The van der Waals surface area contributed by atoms with Crippen LogP contribution in [-0.4, -0.2) is 48.6 Å². The number of hydrogen-bond donors (Lipinski definition) is 2. The van der Waals surface area contributed by atoms with E-state index in [2.05, 4.69) is 20.8 Å². The molecule has 2 amide bonds. The van der Waals surface area contributed by atoms with Crippen LogP contribution in [0, 0.1) is 0 Å². The Balaban J connectivity index is 1.72. The second-order valence-corrected chi connectivity index (χ2v) is 8.12. The lowest BCUT2D eigenvalue weighted by molar-refractivity contribution is 0.0844. The number of fused-ring (bicyclic) bond motifs is 1. The molecule has 0 unspecified atom stereocenters. The lowest BCUT2D eigenvalue weighted by Crippen LogP contribution is -2.42. The van der Waals surface area contributed by atoms with Crippen molar-refractivity contribution in [3.8, 4) is 0 Å². The number of sulfonamides is 1. The SMILES string of the molecule is CN(C)S(=O)(=O)c1cccc(C(=O)NNC(=O)c2cnc3ccccc3n2)c1. The van der Waals surface area contributed by atoms with Gasteiger partial charge in [-0.2, -0.15) is 0 Å². The van der Waals surface area contributed by atoms with Gasteiger partial charge in [0, 0.05) is 19.7 Å². The first-order chi connectivity index (χ1) is 13.3. The van der Waals surface area contributed by atoms with E-state index in [1.807, 2.05) is 6.07 Å². The number of benzene rings is 2. The molecule has 3 aromatic rings. The minimum atomic E-state index is -3.68. The van der Waals surface area contributed by atoms with Crippen LogP contribution < -0.4 is 10.9 Å². The Morgan fingerprint density at radius 1 is 0.929 bits per heavy atom. The Hall–Kier alpha value is -3.37. The van der Waals surface area contributed by atoms with Gasteiger partial charge in [-0.05, 0) is 30.3 Å². The number of hydrogen-bond acceptors (Lipinski definition) is 6. The highest BCUT2D eigenvalue weighted by atomic mass is 32.2. The van der Waals surface area contributed by atoms with E-state index in [0.717, 1.165) is 4.31 Å². The monoisotopic (exact) mass is 399 g/mol. The fourth-order valence-electron chi connectivity index (χ4n) is 2.32. The standard InChI is InChI=1S/C18H17N5O4S/c1-23(2)28(26,27)13-7-5-6-12(10-13)17(24)21-22-18(25)16-11-19-14-8-3-4-9-15(14)20-16/h3-11H,1-2H3,(H,21,24)(H,22,25). The summed E-state index contributed by atoms with van der Waals surface area (Å²) in [7, 11) is -0.889. The third-order valence-corrected chi connectivity index (χ3v) is 5.66. The topological polar surface area (TPSA) is 121 Å². The van der Waals surface area contributed by atoms with Crippen molar-refractivity contribution in [2.24, 2.45) is 0 Å². The molecule has 28 heavy (non-hydrogen) atoms. The highest BCUT2D eigenvalue weighted by molar-refractivity contribution is 7.89. The van der Waals surface area contributed by atoms with Gasteiger partial charge in [-0.15, -0.1) is 0 Å². The second kappa shape index (κ2) is 7.71. The predicted molar refractivity (Wildman–Crippen MR) is 102 cm³/mol. The first-order valence-electron chi connectivity index (χ1n) is 8.14. The van der Waals surface area contributed by atoms with Gasteiger partial charge in [0.15, 0.2) is 0 Å². The molecule has 1 aromatic heterocycles. The van der Waals surface area contributed by atoms with Crippen molar-refractivity contribution >= 4 is 32.9 Å². The van der Waals surface area contributed by atoms with Gasteiger partial charge in [0.1, 0.15) is 5.69 Å². The highest BCUT2D eigenvalue weighted by Crippen LogP contribution is 2.14. The van der Waals surface area contributed by atoms with E-state index >= 15 is 0 Å². The van der Waals surface area contributed by atoms with Crippen LogP contribution in [0.15, 0.2) is 59.6 Å². The number of hydrazine groups is 1. The molecular weight excluding hydrogens is 382 g/mol. The van der Waals surface area contributed by atoms with E-state index < -0.39 is 21.8 Å². The Morgan fingerprint density at radius 2 is 1.61 bits per heavy atom. The van der Waals surface area contributed by atoms with Crippen molar-refractivity contribution < 1.29 is 18.0 Å². The van der Waals surface area contributed by atoms with E-state index in [-0.39, 0.29) is 16.2 Å². The zero-order valence-corrected chi connectivity index (χ0v) is 15.9. The molecule has 0 spiro atoms. The molecule has 10 heteroatoms. The van der Waals surface area contributed by atoms with Gasteiger partial charge in [-0.3, -0.25) is 25.4 Å². The largest absolute Gasteiger partial charge is 0.289 e. The number of carbonyl (C=O) groups is 2. The summed E-state index contributed by atoms with van der Waals surface area (Å²) in [4.78, 5) is 32.8. The lowest BCUT2D eigenvalue weighted by atomic mass is 10.2. The van der Waals surface area contributed by atoms with Crippen molar-refractivity contribution in [3.05, 3.63) is 66.0 Å². The van der Waals surface area contributed by atoms with Crippen LogP contribution in [-0.2, 0) is 10.0 Å². The van der Waals surface area contributed by atoms with E-state index in [9.17, 15) is 18.0 Å². The van der Waals surface area contributed by atoms with Gasteiger partial charge in [0.05, 0.1) is 22.1 Å². The van der Waals surface area contributed by atoms with E-state index in [4.69, 9.17) is 0 Å². The summed E-state index contributed by atoms with van der Waals surface area (Å²) in [6.07, 6.45) is 1.30. The summed E-state index contributed by atoms with van der Waals surface area (Å²) < 4.78 is 25.4. The molecule has 2 N–H and O–H groups in total. The molecule has 0 radical (unpaired) electrons. The number of carbonyl (C=O) groups excluding carboxylic acids is 2. The molecule has 0 aliphatic heterocycles. The third kappa shape index (κ3) is 3.97. The van der Waals surface area contributed by atoms with Gasteiger partial charge in [-0.25, -0.2) is 17.7 Å². The molecule has 1 heterocycles. The Morgan fingerprint density at radius 3 is 2.32 bits per heavy atom. The summed E-state index contributed by atoms with van der Waals surface area (Å²) in [5.41, 5.74) is 5.77. The number of rotatable bonds is 4. The molecule has 0 saturated carbocycles.